The van der Waals surface area contributed by atoms with Crippen LogP contribution in [0.15, 0.2) is 64.4 Å². The number of ether oxygens (including phenoxy) is 1. The van der Waals surface area contributed by atoms with Gasteiger partial charge in [-0.1, -0.05) is 41.7 Å². The van der Waals surface area contributed by atoms with E-state index in [1.165, 1.54) is 18.3 Å². The Morgan fingerprint density at radius 1 is 1.03 bits per heavy atom. The van der Waals surface area contributed by atoms with Crippen LogP contribution in [0.5, 0.6) is 11.5 Å². The van der Waals surface area contributed by atoms with Crippen molar-refractivity contribution in [3.63, 3.8) is 0 Å². The van der Waals surface area contributed by atoms with Crippen molar-refractivity contribution in [2.75, 3.05) is 0 Å². The van der Waals surface area contributed by atoms with Gasteiger partial charge in [-0.05, 0) is 60.9 Å². The zero-order valence-corrected chi connectivity index (χ0v) is 21.9. The molecule has 2 aromatic carbocycles. The number of benzene rings is 2. The molecule has 0 radical (unpaired) electrons. The molecule has 2 aliphatic heterocycles. The average Bonchev–Trinajstić information content (AvgIpc) is 3.63. The lowest BCUT2D eigenvalue weighted by Crippen LogP contribution is -2.44. The number of H-pyrrole nitrogens is 1. The van der Waals surface area contributed by atoms with Crippen LogP contribution in [0.2, 0.25) is 0 Å². The third-order valence-electron chi connectivity index (χ3n) is 8.70. The molecule has 1 saturated heterocycles. The molecule has 4 aliphatic rings. The summed E-state index contributed by atoms with van der Waals surface area (Å²) < 4.78 is 6.11. The van der Waals surface area contributed by atoms with Gasteiger partial charge in [-0.25, -0.2) is 4.79 Å². The Morgan fingerprint density at radius 3 is 2.47 bits per heavy atom. The fourth-order valence-electron chi connectivity index (χ4n) is 7.30. The summed E-state index contributed by atoms with van der Waals surface area (Å²) in [5.74, 6) is -1.73. The molecule has 3 heterocycles. The van der Waals surface area contributed by atoms with Crippen molar-refractivity contribution in [2.24, 2.45) is 29.6 Å². The second-order valence-electron chi connectivity index (χ2n) is 10.5. The molecule has 2 bridgehead atoms. The van der Waals surface area contributed by atoms with Gasteiger partial charge in [0.25, 0.3) is 0 Å². The maximum Gasteiger partial charge on any atom is 0.326 e. The Hall–Kier alpha value is -3.37. The van der Waals surface area contributed by atoms with Gasteiger partial charge in [0.1, 0.15) is 17.5 Å². The number of carboxylic acid groups (broad SMARTS) is 1. The first kappa shape index (κ1) is 23.7. The number of fused-ring (bicyclic) bond motifs is 9. The van der Waals surface area contributed by atoms with Crippen LogP contribution in [-0.4, -0.2) is 44.1 Å². The van der Waals surface area contributed by atoms with Crippen molar-refractivity contribution >= 4 is 40.9 Å². The summed E-state index contributed by atoms with van der Waals surface area (Å²) in [4.78, 5) is 55.9. The van der Waals surface area contributed by atoms with E-state index in [1.807, 2.05) is 54.6 Å². The van der Waals surface area contributed by atoms with E-state index in [9.17, 15) is 24.3 Å². The molecule has 194 valence electrons. The number of nitrogens with one attached hydrogen (secondary N) is 1. The number of aromatic nitrogens is 1. The van der Waals surface area contributed by atoms with Crippen LogP contribution in [0.3, 0.4) is 0 Å². The van der Waals surface area contributed by atoms with Gasteiger partial charge in [0, 0.05) is 16.0 Å². The molecular weight excluding hydrogens is 524 g/mol. The number of aromatic amines is 1. The number of carboxylic acids is 1. The van der Waals surface area contributed by atoms with Crippen molar-refractivity contribution in [1.29, 1.82) is 0 Å². The van der Waals surface area contributed by atoms with Crippen molar-refractivity contribution in [1.82, 2.24) is 9.88 Å². The van der Waals surface area contributed by atoms with Crippen molar-refractivity contribution in [2.45, 2.75) is 35.6 Å². The topological polar surface area (TPSA) is 117 Å². The second kappa shape index (κ2) is 8.57. The van der Waals surface area contributed by atoms with Gasteiger partial charge in [0.2, 0.25) is 11.8 Å². The monoisotopic (exact) mass is 548 g/mol. The number of imide groups is 1. The van der Waals surface area contributed by atoms with E-state index >= 15 is 0 Å². The fourth-order valence-corrected chi connectivity index (χ4v) is 10.2. The molecule has 0 spiro atoms. The summed E-state index contributed by atoms with van der Waals surface area (Å²) >= 11 is 2.81. The van der Waals surface area contributed by atoms with Crippen molar-refractivity contribution in [3.8, 4) is 11.5 Å². The highest BCUT2D eigenvalue weighted by Gasteiger charge is 2.70. The average molecular weight is 549 g/mol. The number of hydrogen-bond acceptors (Lipinski definition) is 7. The van der Waals surface area contributed by atoms with Crippen molar-refractivity contribution in [3.05, 3.63) is 74.7 Å². The fraction of sp³-hybridized carbons (Fsp3) is 0.357. The number of thiazole rings is 1. The predicted octanol–water partition coefficient (Wildman–Crippen LogP) is 4.18. The van der Waals surface area contributed by atoms with E-state index in [2.05, 4.69) is 4.98 Å². The van der Waals surface area contributed by atoms with Gasteiger partial charge in [-0.2, -0.15) is 0 Å². The molecule has 7 rings (SSSR count). The summed E-state index contributed by atoms with van der Waals surface area (Å²) in [6, 6.07) is 16.2. The lowest BCUT2D eigenvalue weighted by Gasteiger charge is -2.43. The van der Waals surface area contributed by atoms with E-state index in [1.54, 1.807) is 11.8 Å². The first-order valence-corrected chi connectivity index (χ1v) is 14.4. The number of carbonyl (C=O) groups excluding carboxylic acids is 2. The highest BCUT2D eigenvalue weighted by atomic mass is 32.2. The summed E-state index contributed by atoms with van der Waals surface area (Å²) in [5.41, 5.74) is 1.00. The predicted molar refractivity (Wildman–Crippen MR) is 140 cm³/mol. The van der Waals surface area contributed by atoms with Crippen LogP contribution in [0.4, 0.5) is 0 Å². The number of para-hydroxylation sites is 1. The maximum absolute atomic E-state index is 13.5. The van der Waals surface area contributed by atoms with Crippen LogP contribution in [0.1, 0.15) is 29.7 Å². The van der Waals surface area contributed by atoms with Crippen LogP contribution in [0.25, 0.3) is 0 Å². The molecule has 3 fully saturated rings. The molecule has 10 heteroatoms. The Labute approximate surface area is 226 Å². The van der Waals surface area contributed by atoms with E-state index in [0.717, 1.165) is 32.5 Å². The third-order valence-corrected chi connectivity index (χ3v) is 11.3. The highest BCUT2D eigenvalue weighted by Crippen LogP contribution is 2.68. The zero-order valence-electron chi connectivity index (χ0n) is 20.3. The van der Waals surface area contributed by atoms with Gasteiger partial charge in [-0.15, -0.1) is 11.8 Å². The Bertz CT molecular complexity index is 1530. The third kappa shape index (κ3) is 3.36. The van der Waals surface area contributed by atoms with Crippen LogP contribution in [-0.2, 0) is 14.4 Å². The van der Waals surface area contributed by atoms with Gasteiger partial charge >= 0.3 is 10.8 Å². The van der Waals surface area contributed by atoms with E-state index in [0.29, 0.717) is 5.75 Å². The SMILES string of the molecule is C[C@H](C(=O)O)N1C(=O)[C@@H]2[C@H]3C[C@@H]([C@@H]2C1=O)[C@@H]1[C@@H](c2cccc(Oc4ccccc4)c2)c2sc(=O)[nH]c2S[C@H]31. The number of nitrogens with zero attached hydrogens (tertiary/aromatic N) is 1. The zero-order chi connectivity index (χ0) is 26.3. The van der Waals surface area contributed by atoms with Gasteiger partial charge in [0.05, 0.1) is 16.9 Å². The van der Waals surface area contributed by atoms with Gasteiger partial charge in [0.15, 0.2) is 0 Å². The molecule has 0 unspecified atom stereocenters. The molecule has 1 aromatic heterocycles. The normalized spacial score (nSPS) is 31.6. The highest BCUT2D eigenvalue weighted by molar-refractivity contribution is 8.00. The van der Waals surface area contributed by atoms with E-state index in [-0.39, 0.29) is 45.6 Å². The minimum atomic E-state index is -1.18. The van der Waals surface area contributed by atoms with E-state index < -0.39 is 23.8 Å². The molecule has 3 aromatic rings. The quantitative estimate of drug-likeness (QED) is 0.460. The Kier molecular flexibility index (Phi) is 5.35. The lowest BCUT2D eigenvalue weighted by molar-refractivity contribution is -0.154. The number of likely N-dealkylation sites (tertiary alicyclic amines) is 1. The van der Waals surface area contributed by atoms with Crippen LogP contribution >= 0.6 is 23.1 Å². The molecule has 8 nitrogen and oxygen atoms in total. The summed E-state index contributed by atoms with van der Waals surface area (Å²) in [6.45, 7) is 1.40. The van der Waals surface area contributed by atoms with E-state index in [4.69, 9.17) is 4.74 Å². The number of amides is 2. The standard InChI is InChI=1S/C28H24N2O6S2/c1-12(27(33)34)30-25(31)20-16-11-17(21(20)26(30)32)22-19(16)18(23-24(37-22)29-28(35)38-23)13-6-5-9-15(10-13)36-14-7-3-2-4-8-14/h2-10,12,16-22H,11H2,1H3,(H,29,35)(H,33,34)/t12-,16-,17-,18-,19-,20+,21-,22-/m1/s1. The minimum absolute atomic E-state index is 0.0361. The number of thioether (sulfide) groups is 1. The number of hydrogen-bond donors (Lipinski definition) is 2. The lowest BCUT2D eigenvalue weighted by atomic mass is 9.68. The molecule has 2 amide bonds. The molecule has 38 heavy (non-hydrogen) atoms. The molecular formula is C28H24N2O6S2. The number of aliphatic carboxylic acids is 1. The maximum atomic E-state index is 13.5. The minimum Gasteiger partial charge on any atom is -0.480 e. The molecule has 2 aliphatic carbocycles. The Morgan fingerprint density at radius 2 is 1.74 bits per heavy atom. The first-order chi connectivity index (χ1) is 18.3. The van der Waals surface area contributed by atoms with Gasteiger partial charge in [-0.3, -0.25) is 19.3 Å². The summed E-state index contributed by atoms with van der Waals surface area (Å²) in [5, 5.41) is 10.4. The smallest absolute Gasteiger partial charge is 0.326 e. The summed E-state index contributed by atoms with van der Waals surface area (Å²) in [6.07, 6.45) is 0.750. The first-order valence-electron chi connectivity index (χ1n) is 12.7. The van der Waals surface area contributed by atoms with Gasteiger partial charge < -0.3 is 14.8 Å². The molecule has 2 N–H and O–H groups in total. The Balaban J connectivity index is 1.29. The largest absolute Gasteiger partial charge is 0.480 e. The van der Waals surface area contributed by atoms with Crippen LogP contribution < -0.4 is 9.61 Å². The number of rotatable bonds is 5. The number of carbonyl (C=O) groups is 3. The van der Waals surface area contributed by atoms with Crippen LogP contribution in [0, 0.1) is 29.6 Å². The summed E-state index contributed by atoms with van der Waals surface area (Å²) in [7, 11) is 0. The van der Waals surface area contributed by atoms with Crippen molar-refractivity contribution < 1.29 is 24.2 Å². The molecule has 2 saturated carbocycles. The second-order valence-corrected chi connectivity index (χ2v) is 12.7. The molecule has 8 atom stereocenters.